The number of rotatable bonds is 6. The fraction of sp³-hybridized carbons (Fsp3) is 0.312. The van der Waals surface area contributed by atoms with E-state index in [9.17, 15) is 20.0 Å². The minimum atomic E-state index is -1.21. The van der Waals surface area contributed by atoms with E-state index >= 15 is 0 Å². The lowest BCUT2D eigenvalue weighted by atomic mass is 9.99. The summed E-state index contributed by atoms with van der Waals surface area (Å²) in [6.07, 6.45) is 0. The van der Waals surface area contributed by atoms with E-state index in [2.05, 4.69) is 5.32 Å². The smallest absolute Gasteiger partial charge is 0.270 e. The van der Waals surface area contributed by atoms with Crippen molar-refractivity contribution in [2.24, 2.45) is 0 Å². The van der Waals surface area contributed by atoms with Gasteiger partial charge < -0.3 is 15.3 Å². The SMILES string of the molecule is CN(C)c1ccc([N+](=O)[O-])cc1C(=O)NCC(C)(O)c1ccsc1. The van der Waals surface area contributed by atoms with Crippen LogP contribution in [0.5, 0.6) is 0 Å². The minimum absolute atomic E-state index is 0.00186. The molecule has 2 N–H and O–H groups in total. The summed E-state index contributed by atoms with van der Waals surface area (Å²) in [6.45, 7) is 1.60. The Morgan fingerprint density at radius 1 is 1.42 bits per heavy atom. The molecule has 8 heteroatoms. The van der Waals surface area contributed by atoms with Crippen molar-refractivity contribution < 1.29 is 14.8 Å². The van der Waals surface area contributed by atoms with Gasteiger partial charge in [0.25, 0.3) is 11.6 Å². The average molecular weight is 349 g/mol. The number of aliphatic hydroxyl groups is 1. The summed E-state index contributed by atoms with van der Waals surface area (Å²) in [5.41, 5.74) is 0.0906. The Kier molecular flexibility index (Phi) is 5.20. The number of anilines is 1. The third kappa shape index (κ3) is 3.90. The van der Waals surface area contributed by atoms with Crippen LogP contribution in [-0.2, 0) is 5.60 Å². The van der Waals surface area contributed by atoms with Crippen molar-refractivity contribution in [2.75, 3.05) is 25.5 Å². The summed E-state index contributed by atoms with van der Waals surface area (Å²) in [7, 11) is 3.50. The standard InChI is InChI=1S/C16H19N3O4S/c1-16(21,11-6-7-24-9-11)10-17-15(20)13-8-12(19(22)23)4-5-14(13)18(2)3/h4-9,21H,10H2,1-3H3,(H,17,20). The summed E-state index contributed by atoms with van der Waals surface area (Å²) < 4.78 is 0. The molecule has 24 heavy (non-hydrogen) atoms. The number of nitro groups is 1. The number of non-ortho nitro benzene ring substituents is 1. The normalized spacial score (nSPS) is 13.2. The summed E-state index contributed by atoms with van der Waals surface area (Å²) >= 11 is 1.45. The molecule has 0 bridgehead atoms. The second-order valence-electron chi connectivity index (χ2n) is 5.82. The summed E-state index contributed by atoms with van der Waals surface area (Å²) in [4.78, 5) is 24.6. The summed E-state index contributed by atoms with van der Waals surface area (Å²) in [5.74, 6) is -0.474. The zero-order valence-electron chi connectivity index (χ0n) is 13.6. The number of amides is 1. The van der Waals surface area contributed by atoms with E-state index in [0.717, 1.165) is 0 Å². The molecule has 0 fully saturated rings. The fourth-order valence-corrected chi connectivity index (χ4v) is 3.01. The number of nitro benzene ring substituents is 1. The maximum absolute atomic E-state index is 12.5. The highest BCUT2D eigenvalue weighted by molar-refractivity contribution is 7.08. The van der Waals surface area contributed by atoms with Gasteiger partial charge in [0.15, 0.2) is 0 Å². The lowest BCUT2D eigenvalue weighted by Crippen LogP contribution is -2.38. The lowest BCUT2D eigenvalue weighted by Gasteiger charge is -2.23. The van der Waals surface area contributed by atoms with E-state index in [1.165, 1.54) is 29.5 Å². The quantitative estimate of drug-likeness (QED) is 0.616. The molecule has 0 saturated carbocycles. The van der Waals surface area contributed by atoms with Gasteiger partial charge in [0.05, 0.1) is 17.0 Å². The minimum Gasteiger partial charge on any atom is -0.384 e. The van der Waals surface area contributed by atoms with Crippen molar-refractivity contribution in [1.29, 1.82) is 0 Å². The molecule has 1 aromatic heterocycles. The van der Waals surface area contributed by atoms with Crippen LogP contribution in [0, 0.1) is 10.1 Å². The first-order valence-corrected chi connectivity index (χ1v) is 8.15. The number of benzene rings is 1. The Balaban J connectivity index is 2.22. The van der Waals surface area contributed by atoms with Crippen molar-refractivity contribution >= 4 is 28.6 Å². The van der Waals surface area contributed by atoms with Crippen LogP contribution in [0.1, 0.15) is 22.8 Å². The zero-order chi connectivity index (χ0) is 17.9. The molecule has 0 aliphatic rings. The van der Waals surface area contributed by atoms with Crippen LogP contribution in [0.15, 0.2) is 35.0 Å². The Labute approximate surface area is 143 Å². The van der Waals surface area contributed by atoms with Crippen LogP contribution in [0.3, 0.4) is 0 Å². The van der Waals surface area contributed by atoms with E-state index in [1.807, 2.05) is 10.8 Å². The van der Waals surface area contributed by atoms with Crippen molar-refractivity contribution in [1.82, 2.24) is 5.32 Å². The molecular weight excluding hydrogens is 330 g/mol. The molecule has 0 aliphatic heterocycles. The summed E-state index contributed by atoms with van der Waals surface area (Å²) in [5, 5.41) is 27.7. The first-order valence-electron chi connectivity index (χ1n) is 7.21. The van der Waals surface area contributed by atoms with Gasteiger partial charge in [0.2, 0.25) is 0 Å². The molecule has 2 rings (SSSR count). The Morgan fingerprint density at radius 2 is 2.12 bits per heavy atom. The first-order chi connectivity index (χ1) is 11.2. The highest BCUT2D eigenvalue weighted by Crippen LogP contribution is 2.25. The first kappa shape index (κ1) is 17.9. The predicted octanol–water partition coefficient (Wildman–Crippen LogP) is 2.36. The number of thiophene rings is 1. The Morgan fingerprint density at radius 3 is 2.67 bits per heavy atom. The number of nitrogens with zero attached hydrogens (tertiary/aromatic N) is 2. The van der Waals surface area contributed by atoms with Crippen molar-refractivity contribution in [3.8, 4) is 0 Å². The van der Waals surface area contributed by atoms with Crippen molar-refractivity contribution in [3.05, 3.63) is 56.3 Å². The monoisotopic (exact) mass is 349 g/mol. The number of carbonyl (C=O) groups is 1. The molecule has 128 valence electrons. The van der Waals surface area contributed by atoms with Gasteiger partial charge in [-0.25, -0.2) is 0 Å². The molecule has 1 unspecified atom stereocenters. The number of nitrogens with one attached hydrogen (secondary N) is 1. The predicted molar refractivity (Wildman–Crippen MR) is 93.6 cm³/mol. The molecule has 1 heterocycles. The molecule has 0 radical (unpaired) electrons. The second kappa shape index (κ2) is 6.98. The van der Waals surface area contributed by atoms with E-state index in [0.29, 0.717) is 11.3 Å². The van der Waals surface area contributed by atoms with Crippen LogP contribution in [0.4, 0.5) is 11.4 Å². The van der Waals surface area contributed by atoms with Crippen molar-refractivity contribution in [3.63, 3.8) is 0 Å². The van der Waals surface area contributed by atoms with Gasteiger partial charge in [-0.05, 0) is 35.4 Å². The van der Waals surface area contributed by atoms with Gasteiger partial charge in [-0.3, -0.25) is 14.9 Å². The highest BCUT2D eigenvalue weighted by Gasteiger charge is 2.25. The second-order valence-corrected chi connectivity index (χ2v) is 6.60. The van der Waals surface area contributed by atoms with Gasteiger partial charge in [-0.2, -0.15) is 11.3 Å². The van der Waals surface area contributed by atoms with Crippen molar-refractivity contribution in [2.45, 2.75) is 12.5 Å². The topological polar surface area (TPSA) is 95.7 Å². The fourth-order valence-electron chi connectivity index (χ4n) is 2.23. The van der Waals surface area contributed by atoms with Crippen LogP contribution in [0.2, 0.25) is 0 Å². The molecule has 0 saturated heterocycles. The molecule has 0 aliphatic carbocycles. The van der Waals surface area contributed by atoms with E-state index in [4.69, 9.17) is 0 Å². The number of carbonyl (C=O) groups excluding carboxylic acids is 1. The van der Waals surface area contributed by atoms with Gasteiger partial charge in [0.1, 0.15) is 5.60 Å². The number of hydrogen-bond acceptors (Lipinski definition) is 6. The maximum Gasteiger partial charge on any atom is 0.270 e. The molecule has 1 aromatic carbocycles. The number of hydrogen-bond donors (Lipinski definition) is 2. The van der Waals surface area contributed by atoms with Gasteiger partial charge in [-0.1, -0.05) is 0 Å². The maximum atomic E-state index is 12.5. The van der Waals surface area contributed by atoms with Crippen LogP contribution in [-0.4, -0.2) is 36.6 Å². The van der Waals surface area contributed by atoms with E-state index in [1.54, 1.807) is 32.0 Å². The Bertz CT molecular complexity index is 742. The average Bonchev–Trinajstić information content (AvgIpc) is 3.07. The molecule has 1 amide bonds. The largest absolute Gasteiger partial charge is 0.384 e. The molecule has 7 nitrogen and oxygen atoms in total. The van der Waals surface area contributed by atoms with Crippen LogP contribution < -0.4 is 10.2 Å². The van der Waals surface area contributed by atoms with Gasteiger partial charge >= 0.3 is 0 Å². The van der Waals surface area contributed by atoms with Crippen LogP contribution in [0.25, 0.3) is 0 Å². The van der Waals surface area contributed by atoms with Gasteiger partial charge in [-0.15, -0.1) is 0 Å². The lowest BCUT2D eigenvalue weighted by molar-refractivity contribution is -0.384. The molecule has 0 spiro atoms. The van der Waals surface area contributed by atoms with Crippen LogP contribution >= 0.6 is 11.3 Å². The third-order valence-corrected chi connectivity index (χ3v) is 4.34. The highest BCUT2D eigenvalue weighted by atomic mass is 32.1. The Hall–Kier alpha value is -2.45. The summed E-state index contributed by atoms with van der Waals surface area (Å²) in [6, 6.07) is 5.91. The molecule has 2 aromatic rings. The van der Waals surface area contributed by atoms with E-state index < -0.39 is 16.4 Å². The zero-order valence-corrected chi connectivity index (χ0v) is 14.5. The van der Waals surface area contributed by atoms with E-state index in [-0.39, 0.29) is 17.8 Å². The molecule has 1 atom stereocenters. The van der Waals surface area contributed by atoms with Gasteiger partial charge in [0, 0.05) is 31.9 Å². The third-order valence-electron chi connectivity index (χ3n) is 3.65. The molecular formula is C16H19N3O4S.